The zero-order valence-corrected chi connectivity index (χ0v) is 8.98. The predicted octanol–water partition coefficient (Wildman–Crippen LogP) is 2.10. The van der Waals surface area contributed by atoms with Gasteiger partial charge in [0.05, 0.1) is 12.0 Å². The monoisotopic (exact) mass is 218 g/mol. The summed E-state index contributed by atoms with van der Waals surface area (Å²) in [5, 5.41) is 9.25. The van der Waals surface area contributed by atoms with Crippen molar-refractivity contribution in [3.05, 3.63) is 29.8 Å². The number of rotatable bonds is 2. The van der Waals surface area contributed by atoms with Gasteiger partial charge in [0.15, 0.2) is 0 Å². The van der Waals surface area contributed by atoms with Gasteiger partial charge in [-0.15, -0.1) is 0 Å². The van der Waals surface area contributed by atoms with Crippen LogP contribution in [0.15, 0.2) is 24.3 Å². The fraction of sp³-hybridized carbons (Fsp3) is 0.462. The molecule has 0 aromatic heterocycles. The second-order valence-electron chi connectivity index (χ2n) is 4.78. The summed E-state index contributed by atoms with van der Waals surface area (Å²) in [6.45, 7) is 0.545. The molecule has 0 saturated heterocycles. The molecule has 3 nitrogen and oxygen atoms in total. The van der Waals surface area contributed by atoms with Crippen LogP contribution in [0, 0.1) is 11.3 Å². The molecule has 0 bridgehead atoms. The lowest BCUT2D eigenvalue weighted by Crippen LogP contribution is -2.34. The number of hydrogen-bond donors (Lipinski definition) is 1. The summed E-state index contributed by atoms with van der Waals surface area (Å²) < 4.78 is 5.65. The van der Waals surface area contributed by atoms with Crippen molar-refractivity contribution >= 4 is 5.97 Å². The lowest BCUT2D eigenvalue weighted by molar-refractivity contribution is -0.146. The molecule has 1 fully saturated rings. The second kappa shape index (κ2) is 3.24. The Morgan fingerprint density at radius 1 is 1.38 bits per heavy atom. The molecule has 1 heterocycles. The Morgan fingerprint density at radius 3 is 2.81 bits per heavy atom. The van der Waals surface area contributed by atoms with Gasteiger partial charge in [0.25, 0.3) is 0 Å². The highest BCUT2D eigenvalue weighted by Gasteiger charge is 2.56. The highest BCUT2D eigenvalue weighted by Crippen LogP contribution is 2.54. The third-order valence-electron chi connectivity index (χ3n) is 3.88. The molecule has 3 rings (SSSR count). The standard InChI is InChI=1S/C13H14O3/c14-12(15)13(5-6-13)10-7-9-3-1-2-4-11(9)16-8-10/h1-4,10H,5-8H2,(H,14,15). The van der Waals surface area contributed by atoms with Crippen molar-refractivity contribution in [2.24, 2.45) is 11.3 Å². The van der Waals surface area contributed by atoms with Crippen LogP contribution < -0.4 is 4.74 Å². The molecule has 16 heavy (non-hydrogen) atoms. The summed E-state index contributed by atoms with van der Waals surface area (Å²) in [7, 11) is 0. The van der Waals surface area contributed by atoms with Gasteiger partial charge in [0.2, 0.25) is 0 Å². The second-order valence-corrected chi connectivity index (χ2v) is 4.78. The molecule has 1 atom stereocenters. The largest absolute Gasteiger partial charge is 0.493 e. The maximum atomic E-state index is 11.2. The Morgan fingerprint density at radius 2 is 2.12 bits per heavy atom. The summed E-state index contributed by atoms with van der Waals surface area (Å²) in [6, 6.07) is 7.90. The molecule has 1 saturated carbocycles. The average Bonchev–Trinajstić information content (AvgIpc) is 3.09. The Kier molecular flexibility index (Phi) is 1.96. The molecule has 0 radical (unpaired) electrons. The van der Waals surface area contributed by atoms with Crippen molar-refractivity contribution in [3.63, 3.8) is 0 Å². The number of aliphatic carboxylic acids is 1. The smallest absolute Gasteiger partial charge is 0.310 e. The fourth-order valence-electron chi connectivity index (χ4n) is 2.61. The van der Waals surface area contributed by atoms with E-state index in [2.05, 4.69) is 0 Å². The van der Waals surface area contributed by atoms with E-state index in [0.717, 1.165) is 30.6 Å². The van der Waals surface area contributed by atoms with E-state index < -0.39 is 11.4 Å². The van der Waals surface area contributed by atoms with E-state index in [1.54, 1.807) is 0 Å². The number of para-hydroxylation sites is 1. The van der Waals surface area contributed by atoms with E-state index in [1.165, 1.54) is 0 Å². The van der Waals surface area contributed by atoms with Crippen molar-refractivity contribution in [2.75, 3.05) is 6.61 Å². The quantitative estimate of drug-likeness (QED) is 0.826. The van der Waals surface area contributed by atoms with E-state index >= 15 is 0 Å². The lowest BCUT2D eigenvalue weighted by atomic mass is 9.83. The molecule has 3 heteroatoms. The Bertz CT molecular complexity index is 435. The maximum Gasteiger partial charge on any atom is 0.310 e. The van der Waals surface area contributed by atoms with Crippen LogP contribution in [0.25, 0.3) is 0 Å². The topological polar surface area (TPSA) is 46.5 Å². The third kappa shape index (κ3) is 1.31. The molecule has 2 aliphatic rings. The first kappa shape index (κ1) is 9.70. The average molecular weight is 218 g/mol. The number of carboxylic acids is 1. The van der Waals surface area contributed by atoms with Gasteiger partial charge in [-0.05, 0) is 30.9 Å². The fourth-order valence-corrected chi connectivity index (χ4v) is 2.61. The molecule has 0 spiro atoms. The van der Waals surface area contributed by atoms with Crippen LogP contribution >= 0.6 is 0 Å². The molecule has 0 amide bonds. The Balaban J connectivity index is 1.86. The zero-order chi connectivity index (χ0) is 11.2. The van der Waals surface area contributed by atoms with Gasteiger partial charge < -0.3 is 9.84 Å². The lowest BCUT2D eigenvalue weighted by Gasteiger charge is -2.29. The number of hydrogen-bond acceptors (Lipinski definition) is 2. The highest BCUT2D eigenvalue weighted by atomic mass is 16.5. The van der Waals surface area contributed by atoms with Crippen molar-refractivity contribution < 1.29 is 14.6 Å². The molecule has 1 unspecified atom stereocenters. The van der Waals surface area contributed by atoms with Crippen LogP contribution in [-0.4, -0.2) is 17.7 Å². The highest BCUT2D eigenvalue weighted by molar-refractivity contribution is 5.78. The first-order chi connectivity index (χ1) is 7.72. The molecule has 1 N–H and O–H groups in total. The van der Waals surface area contributed by atoms with Crippen LogP contribution in [-0.2, 0) is 11.2 Å². The molecular weight excluding hydrogens is 204 g/mol. The minimum Gasteiger partial charge on any atom is -0.493 e. The summed E-state index contributed by atoms with van der Waals surface area (Å²) in [6.07, 6.45) is 2.44. The number of carboxylic acid groups (broad SMARTS) is 1. The van der Waals surface area contributed by atoms with Crippen LogP contribution in [0.4, 0.5) is 0 Å². The number of carbonyl (C=O) groups is 1. The van der Waals surface area contributed by atoms with Crippen LogP contribution in [0.5, 0.6) is 5.75 Å². The maximum absolute atomic E-state index is 11.2. The van der Waals surface area contributed by atoms with E-state index in [-0.39, 0.29) is 5.92 Å². The summed E-state index contributed by atoms with van der Waals surface area (Å²) >= 11 is 0. The summed E-state index contributed by atoms with van der Waals surface area (Å²) in [5.41, 5.74) is 0.652. The minimum absolute atomic E-state index is 0.139. The summed E-state index contributed by atoms with van der Waals surface area (Å²) in [5.74, 6) is 0.403. The van der Waals surface area contributed by atoms with Crippen LogP contribution in [0.1, 0.15) is 18.4 Å². The number of fused-ring (bicyclic) bond motifs is 1. The van der Waals surface area contributed by atoms with Gasteiger partial charge in [0, 0.05) is 5.92 Å². The van der Waals surface area contributed by atoms with Gasteiger partial charge >= 0.3 is 5.97 Å². The molecule has 1 aliphatic heterocycles. The summed E-state index contributed by atoms with van der Waals surface area (Å²) in [4.78, 5) is 11.2. The molecule has 84 valence electrons. The minimum atomic E-state index is -0.652. The van der Waals surface area contributed by atoms with Gasteiger partial charge in [-0.3, -0.25) is 4.79 Å². The third-order valence-corrected chi connectivity index (χ3v) is 3.88. The van der Waals surface area contributed by atoms with Gasteiger partial charge in [-0.25, -0.2) is 0 Å². The van der Waals surface area contributed by atoms with E-state index in [1.807, 2.05) is 24.3 Å². The first-order valence-electron chi connectivity index (χ1n) is 5.66. The molecule has 1 aromatic carbocycles. The normalized spacial score (nSPS) is 25.4. The van der Waals surface area contributed by atoms with Crippen molar-refractivity contribution in [1.29, 1.82) is 0 Å². The SMILES string of the molecule is O=C(O)C1(C2COc3ccccc3C2)CC1. The Hall–Kier alpha value is -1.51. The Labute approximate surface area is 94.0 Å². The van der Waals surface area contributed by atoms with Crippen molar-refractivity contribution in [2.45, 2.75) is 19.3 Å². The van der Waals surface area contributed by atoms with E-state index in [0.29, 0.717) is 6.61 Å². The number of ether oxygens (including phenoxy) is 1. The van der Waals surface area contributed by atoms with Crippen LogP contribution in [0.3, 0.4) is 0 Å². The van der Waals surface area contributed by atoms with Gasteiger partial charge in [-0.2, -0.15) is 0 Å². The van der Waals surface area contributed by atoms with Gasteiger partial charge in [0.1, 0.15) is 5.75 Å². The van der Waals surface area contributed by atoms with Crippen molar-refractivity contribution in [1.82, 2.24) is 0 Å². The van der Waals surface area contributed by atoms with Crippen LogP contribution in [0.2, 0.25) is 0 Å². The molecular formula is C13H14O3. The predicted molar refractivity (Wildman–Crippen MR) is 58.4 cm³/mol. The number of benzene rings is 1. The molecule has 1 aliphatic carbocycles. The molecule has 1 aromatic rings. The van der Waals surface area contributed by atoms with E-state index in [4.69, 9.17) is 4.74 Å². The van der Waals surface area contributed by atoms with Crippen molar-refractivity contribution in [3.8, 4) is 5.75 Å². The zero-order valence-electron chi connectivity index (χ0n) is 8.98. The van der Waals surface area contributed by atoms with Gasteiger partial charge in [-0.1, -0.05) is 18.2 Å². The van der Waals surface area contributed by atoms with E-state index in [9.17, 15) is 9.90 Å². The first-order valence-corrected chi connectivity index (χ1v) is 5.66.